The van der Waals surface area contributed by atoms with Crippen molar-refractivity contribution in [1.29, 1.82) is 0 Å². The van der Waals surface area contributed by atoms with Crippen molar-refractivity contribution in [2.24, 2.45) is 12.0 Å². The van der Waals surface area contributed by atoms with Crippen molar-refractivity contribution in [1.82, 2.24) is 20.0 Å². The molecule has 0 aliphatic carbocycles. The molecule has 0 saturated carbocycles. The first kappa shape index (κ1) is 21.9. The van der Waals surface area contributed by atoms with Gasteiger partial charge >= 0.3 is 0 Å². The minimum Gasteiger partial charge on any atom is -0.380 e. The van der Waals surface area contributed by atoms with Crippen molar-refractivity contribution in [2.75, 3.05) is 20.7 Å². The van der Waals surface area contributed by atoms with E-state index < -0.39 is 0 Å². The summed E-state index contributed by atoms with van der Waals surface area (Å²) in [7, 11) is 5.52. The highest BCUT2D eigenvalue weighted by Crippen LogP contribution is 2.19. The van der Waals surface area contributed by atoms with Gasteiger partial charge in [0.1, 0.15) is 5.82 Å². The Kier molecular flexibility index (Phi) is 7.99. The highest BCUT2D eigenvalue weighted by molar-refractivity contribution is 5.79. The van der Waals surface area contributed by atoms with Crippen molar-refractivity contribution in [3.05, 3.63) is 52.6 Å². The van der Waals surface area contributed by atoms with E-state index in [2.05, 4.69) is 35.4 Å². The van der Waals surface area contributed by atoms with E-state index >= 15 is 0 Å². The van der Waals surface area contributed by atoms with Crippen molar-refractivity contribution in [3.8, 4) is 0 Å². The van der Waals surface area contributed by atoms with Gasteiger partial charge in [0.25, 0.3) is 0 Å². The van der Waals surface area contributed by atoms with Gasteiger partial charge in [0, 0.05) is 51.6 Å². The Morgan fingerprint density at radius 3 is 2.75 bits per heavy atom. The Morgan fingerprint density at radius 2 is 2.11 bits per heavy atom. The fourth-order valence-corrected chi connectivity index (χ4v) is 3.12. The summed E-state index contributed by atoms with van der Waals surface area (Å²) < 4.78 is 20.7. The van der Waals surface area contributed by atoms with Crippen LogP contribution in [0.15, 0.2) is 29.4 Å². The maximum absolute atomic E-state index is 13.8. The molecular weight excluding hydrogens is 357 g/mol. The molecule has 6 nitrogen and oxygen atoms in total. The Bertz CT molecular complexity index is 800. The third-order valence-corrected chi connectivity index (χ3v) is 4.41. The number of benzene rings is 1. The standard InChI is InChI=1S/C21H32FN5O/c1-7-23-21(24-11-16-8-9-19(22)17(10-16)14-28-6)26(4)12-18-13-27(5)25-20(18)15(2)3/h8-10,13,15H,7,11-12,14H2,1-6H3,(H,23,24). The second kappa shape index (κ2) is 10.2. The van der Waals surface area contributed by atoms with Gasteiger partial charge in [-0.3, -0.25) is 4.68 Å². The lowest BCUT2D eigenvalue weighted by Crippen LogP contribution is -2.38. The molecule has 0 aliphatic heterocycles. The number of hydrogen-bond acceptors (Lipinski definition) is 3. The summed E-state index contributed by atoms with van der Waals surface area (Å²) in [6, 6.07) is 5.05. The van der Waals surface area contributed by atoms with Crippen molar-refractivity contribution in [3.63, 3.8) is 0 Å². The van der Waals surface area contributed by atoms with Gasteiger partial charge in [-0.1, -0.05) is 19.9 Å². The van der Waals surface area contributed by atoms with Crippen LogP contribution in [0.4, 0.5) is 4.39 Å². The summed E-state index contributed by atoms with van der Waals surface area (Å²) >= 11 is 0. The molecule has 7 heteroatoms. The molecule has 0 atom stereocenters. The van der Waals surface area contributed by atoms with Gasteiger partial charge in [-0.05, 0) is 30.5 Å². The van der Waals surface area contributed by atoms with Gasteiger partial charge in [-0.15, -0.1) is 0 Å². The lowest BCUT2D eigenvalue weighted by Gasteiger charge is -2.22. The van der Waals surface area contributed by atoms with Gasteiger partial charge in [-0.25, -0.2) is 9.38 Å². The maximum Gasteiger partial charge on any atom is 0.194 e. The number of rotatable bonds is 8. The lowest BCUT2D eigenvalue weighted by molar-refractivity contribution is 0.181. The Hall–Kier alpha value is -2.41. The zero-order valence-corrected chi connectivity index (χ0v) is 17.8. The molecule has 2 aromatic rings. The molecule has 2 rings (SSSR count). The van der Waals surface area contributed by atoms with Crippen LogP contribution in [-0.2, 0) is 31.5 Å². The van der Waals surface area contributed by atoms with E-state index in [0.717, 1.165) is 23.8 Å². The first-order valence-corrected chi connectivity index (χ1v) is 9.63. The molecule has 0 amide bonds. The van der Waals surface area contributed by atoms with Gasteiger partial charge in [0.05, 0.1) is 18.8 Å². The van der Waals surface area contributed by atoms with Crippen LogP contribution in [0.1, 0.15) is 49.1 Å². The van der Waals surface area contributed by atoms with Crippen LogP contribution in [0.3, 0.4) is 0 Å². The summed E-state index contributed by atoms with van der Waals surface area (Å²) in [4.78, 5) is 6.82. The normalized spacial score (nSPS) is 11.9. The minimum atomic E-state index is -0.253. The average molecular weight is 390 g/mol. The van der Waals surface area contributed by atoms with Gasteiger partial charge in [0.2, 0.25) is 0 Å². The molecule has 1 aromatic carbocycles. The van der Waals surface area contributed by atoms with E-state index in [0.29, 0.717) is 24.6 Å². The molecule has 0 aliphatic rings. The lowest BCUT2D eigenvalue weighted by atomic mass is 10.1. The van der Waals surface area contributed by atoms with Crippen LogP contribution in [-0.4, -0.2) is 41.3 Å². The number of methoxy groups -OCH3 is 1. The molecule has 0 radical (unpaired) electrons. The SMILES string of the molecule is CCNC(=NCc1ccc(F)c(COC)c1)N(C)Cc1cn(C)nc1C(C)C. The predicted molar refractivity (Wildman–Crippen MR) is 111 cm³/mol. The molecule has 0 fully saturated rings. The second-order valence-corrected chi connectivity index (χ2v) is 7.25. The van der Waals surface area contributed by atoms with Crippen LogP contribution in [0, 0.1) is 5.82 Å². The van der Waals surface area contributed by atoms with Gasteiger partial charge in [0.15, 0.2) is 5.96 Å². The fraction of sp³-hybridized carbons (Fsp3) is 0.524. The number of aliphatic imine (C=N–C) groups is 1. The average Bonchev–Trinajstić information content (AvgIpc) is 3.01. The summed E-state index contributed by atoms with van der Waals surface area (Å²) in [5, 5.41) is 7.91. The zero-order chi connectivity index (χ0) is 20.7. The van der Waals surface area contributed by atoms with Crippen molar-refractivity contribution >= 4 is 5.96 Å². The van der Waals surface area contributed by atoms with Crippen LogP contribution in [0.25, 0.3) is 0 Å². The Labute approximate surface area is 167 Å². The first-order chi connectivity index (χ1) is 13.3. The van der Waals surface area contributed by atoms with Crippen molar-refractivity contribution in [2.45, 2.75) is 46.4 Å². The number of halogens is 1. The Balaban J connectivity index is 2.16. The Morgan fingerprint density at radius 1 is 1.36 bits per heavy atom. The molecule has 28 heavy (non-hydrogen) atoms. The van der Waals surface area contributed by atoms with E-state index in [-0.39, 0.29) is 12.4 Å². The zero-order valence-electron chi connectivity index (χ0n) is 17.8. The van der Waals surface area contributed by atoms with E-state index in [1.165, 1.54) is 11.6 Å². The molecule has 0 bridgehead atoms. The minimum absolute atomic E-state index is 0.252. The topological polar surface area (TPSA) is 54.7 Å². The third kappa shape index (κ3) is 5.79. The summed E-state index contributed by atoms with van der Waals surface area (Å²) in [6.07, 6.45) is 2.06. The number of nitrogens with zero attached hydrogens (tertiary/aromatic N) is 4. The highest BCUT2D eigenvalue weighted by Gasteiger charge is 2.15. The van der Waals surface area contributed by atoms with E-state index in [1.807, 2.05) is 31.8 Å². The highest BCUT2D eigenvalue weighted by atomic mass is 19.1. The number of hydrogen-bond donors (Lipinski definition) is 1. The van der Waals surface area contributed by atoms with Crippen LogP contribution in [0.5, 0.6) is 0 Å². The monoisotopic (exact) mass is 389 g/mol. The molecule has 0 spiro atoms. The number of ether oxygens (including phenoxy) is 1. The summed E-state index contributed by atoms with van der Waals surface area (Å²) in [6.45, 7) is 8.54. The predicted octanol–water partition coefficient (Wildman–Crippen LogP) is 3.43. The van der Waals surface area contributed by atoms with Gasteiger partial charge < -0.3 is 15.0 Å². The maximum atomic E-state index is 13.8. The number of guanidine groups is 1. The largest absolute Gasteiger partial charge is 0.380 e. The first-order valence-electron chi connectivity index (χ1n) is 9.63. The van der Waals surface area contributed by atoms with Crippen LogP contribution in [0.2, 0.25) is 0 Å². The molecule has 154 valence electrons. The van der Waals surface area contributed by atoms with Crippen molar-refractivity contribution < 1.29 is 9.13 Å². The summed E-state index contributed by atoms with van der Waals surface area (Å²) in [5.74, 6) is 0.914. The number of aromatic nitrogens is 2. The van der Waals surface area contributed by atoms with E-state index in [4.69, 9.17) is 9.73 Å². The molecular formula is C21H32FN5O. The quantitative estimate of drug-likeness (QED) is 0.555. The van der Waals surface area contributed by atoms with E-state index in [9.17, 15) is 4.39 Å². The molecule has 0 unspecified atom stereocenters. The molecule has 1 heterocycles. The smallest absolute Gasteiger partial charge is 0.194 e. The van der Waals surface area contributed by atoms with Gasteiger partial charge in [-0.2, -0.15) is 5.10 Å². The molecule has 1 N–H and O–H groups in total. The van der Waals surface area contributed by atoms with Crippen LogP contribution >= 0.6 is 0 Å². The fourth-order valence-electron chi connectivity index (χ4n) is 3.12. The number of aryl methyl sites for hydroxylation is 1. The van der Waals surface area contributed by atoms with Crippen LogP contribution < -0.4 is 5.32 Å². The second-order valence-electron chi connectivity index (χ2n) is 7.25. The summed E-state index contributed by atoms with van der Waals surface area (Å²) in [5.41, 5.74) is 3.79. The van der Waals surface area contributed by atoms with E-state index in [1.54, 1.807) is 13.2 Å². The third-order valence-electron chi connectivity index (χ3n) is 4.41. The molecule has 0 saturated heterocycles. The molecule has 1 aromatic heterocycles. The number of nitrogens with one attached hydrogen (secondary N) is 1.